The lowest BCUT2D eigenvalue weighted by Crippen LogP contribution is -2.21. The van der Waals surface area contributed by atoms with E-state index in [-0.39, 0.29) is 5.75 Å². The van der Waals surface area contributed by atoms with Gasteiger partial charge in [-0.1, -0.05) is 0 Å². The molecule has 6 heteroatoms. The number of aromatic hydroxyl groups is 1. The SMILES string of the molecule is O=C(C[N+](=O)[O-])Nc1ccc(O)cc1. The highest BCUT2D eigenvalue weighted by Crippen LogP contribution is 2.13. The molecule has 0 unspecified atom stereocenters. The Morgan fingerprint density at radius 1 is 1.43 bits per heavy atom. The third-order valence-corrected chi connectivity index (χ3v) is 1.42. The number of carbonyl (C=O) groups is 1. The van der Waals surface area contributed by atoms with Crippen molar-refractivity contribution in [2.45, 2.75) is 0 Å². The van der Waals surface area contributed by atoms with Gasteiger partial charge in [0.2, 0.25) is 0 Å². The Hall–Kier alpha value is -2.11. The van der Waals surface area contributed by atoms with Gasteiger partial charge in [-0.05, 0) is 24.3 Å². The van der Waals surface area contributed by atoms with Gasteiger partial charge in [-0.25, -0.2) is 0 Å². The molecule has 1 aromatic carbocycles. The zero-order chi connectivity index (χ0) is 10.6. The fourth-order valence-corrected chi connectivity index (χ4v) is 0.863. The molecule has 6 nitrogen and oxygen atoms in total. The molecule has 0 aliphatic heterocycles. The van der Waals surface area contributed by atoms with Crippen LogP contribution < -0.4 is 5.32 Å². The van der Waals surface area contributed by atoms with Crippen LogP contribution in [0.3, 0.4) is 0 Å². The molecule has 0 saturated heterocycles. The number of nitro groups is 1. The number of nitrogens with one attached hydrogen (secondary N) is 1. The highest BCUT2D eigenvalue weighted by atomic mass is 16.6. The average molecular weight is 196 g/mol. The molecule has 0 saturated carbocycles. The molecule has 74 valence electrons. The summed E-state index contributed by atoms with van der Waals surface area (Å²) >= 11 is 0. The van der Waals surface area contributed by atoms with Crippen molar-refractivity contribution >= 4 is 11.6 Å². The van der Waals surface area contributed by atoms with E-state index in [1.165, 1.54) is 24.3 Å². The van der Waals surface area contributed by atoms with Gasteiger partial charge in [0.25, 0.3) is 12.5 Å². The van der Waals surface area contributed by atoms with E-state index < -0.39 is 17.4 Å². The predicted molar refractivity (Wildman–Crippen MR) is 48.6 cm³/mol. The summed E-state index contributed by atoms with van der Waals surface area (Å²) in [6.07, 6.45) is 0. The molecule has 1 amide bonds. The minimum absolute atomic E-state index is 0.0669. The molecule has 0 spiro atoms. The monoisotopic (exact) mass is 196 g/mol. The summed E-state index contributed by atoms with van der Waals surface area (Å²) < 4.78 is 0. The number of phenols is 1. The third-order valence-electron chi connectivity index (χ3n) is 1.42. The summed E-state index contributed by atoms with van der Waals surface area (Å²) in [6.45, 7) is -0.763. The summed E-state index contributed by atoms with van der Waals surface area (Å²) in [7, 11) is 0. The smallest absolute Gasteiger partial charge is 0.296 e. The molecule has 0 aliphatic rings. The Bertz CT molecular complexity index is 347. The van der Waals surface area contributed by atoms with E-state index in [1.807, 2.05) is 0 Å². The molecule has 0 heterocycles. The van der Waals surface area contributed by atoms with Crippen LogP contribution in [0.4, 0.5) is 5.69 Å². The van der Waals surface area contributed by atoms with Crippen molar-refractivity contribution in [1.29, 1.82) is 0 Å². The average Bonchev–Trinajstić information content (AvgIpc) is 2.07. The van der Waals surface area contributed by atoms with E-state index in [2.05, 4.69) is 5.32 Å². The second-order valence-electron chi connectivity index (χ2n) is 2.59. The molecule has 0 radical (unpaired) electrons. The number of phenolic OH excluding ortho intramolecular Hbond substituents is 1. The van der Waals surface area contributed by atoms with E-state index in [0.717, 1.165) is 0 Å². The van der Waals surface area contributed by atoms with Crippen LogP contribution >= 0.6 is 0 Å². The number of nitrogens with zero attached hydrogens (tertiary/aromatic N) is 1. The van der Waals surface area contributed by atoms with Gasteiger partial charge in [0.1, 0.15) is 5.75 Å². The first-order chi connectivity index (χ1) is 6.58. The van der Waals surface area contributed by atoms with Crippen LogP contribution in [-0.2, 0) is 4.79 Å². The van der Waals surface area contributed by atoms with Crippen molar-refractivity contribution in [2.24, 2.45) is 0 Å². The molecular formula is C8H8N2O4. The number of rotatable bonds is 3. The van der Waals surface area contributed by atoms with Crippen LogP contribution in [0.25, 0.3) is 0 Å². The second-order valence-corrected chi connectivity index (χ2v) is 2.59. The normalized spacial score (nSPS) is 9.43. The molecule has 14 heavy (non-hydrogen) atoms. The lowest BCUT2D eigenvalue weighted by atomic mass is 10.3. The van der Waals surface area contributed by atoms with Gasteiger partial charge in [-0.2, -0.15) is 0 Å². The molecule has 0 atom stereocenters. The maximum Gasteiger partial charge on any atom is 0.296 e. The summed E-state index contributed by atoms with van der Waals surface area (Å²) in [5.74, 6) is -0.627. The minimum atomic E-state index is -0.763. The Morgan fingerprint density at radius 2 is 2.00 bits per heavy atom. The lowest BCUT2D eigenvalue weighted by Gasteiger charge is -2.01. The van der Waals surface area contributed by atoms with Gasteiger partial charge in [-0.15, -0.1) is 0 Å². The van der Waals surface area contributed by atoms with Crippen LogP contribution in [0.5, 0.6) is 5.75 Å². The highest BCUT2D eigenvalue weighted by Gasteiger charge is 2.08. The van der Waals surface area contributed by atoms with Crippen LogP contribution in [0.1, 0.15) is 0 Å². The van der Waals surface area contributed by atoms with Gasteiger partial charge in [-0.3, -0.25) is 14.9 Å². The van der Waals surface area contributed by atoms with Crippen LogP contribution in [0.2, 0.25) is 0 Å². The van der Waals surface area contributed by atoms with Gasteiger partial charge >= 0.3 is 0 Å². The van der Waals surface area contributed by atoms with E-state index in [1.54, 1.807) is 0 Å². The van der Waals surface area contributed by atoms with Crippen LogP contribution in [0.15, 0.2) is 24.3 Å². The first-order valence-corrected chi connectivity index (χ1v) is 3.78. The molecule has 0 fully saturated rings. The lowest BCUT2D eigenvalue weighted by molar-refractivity contribution is -0.467. The van der Waals surface area contributed by atoms with Crippen molar-refractivity contribution in [2.75, 3.05) is 11.9 Å². The van der Waals surface area contributed by atoms with Crippen molar-refractivity contribution in [3.05, 3.63) is 34.4 Å². The van der Waals surface area contributed by atoms with Crippen LogP contribution in [-0.4, -0.2) is 22.5 Å². The van der Waals surface area contributed by atoms with Crippen molar-refractivity contribution in [1.82, 2.24) is 0 Å². The number of carbonyl (C=O) groups excluding carboxylic acids is 1. The van der Waals surface area contributed by atoms with E-state index >= 15 is 0 Å². The Kier molecular flexibility index (Phi) is 3.01. The predicted octanol–water partition coefficient (Wildman–Crippen LogP) is 0.607. The fraction of sp³-hybridized carbons (Fsp3) is 0.125. The zero-order valence-corrected chi connectivity index (χ0v) is 7.14. The second kappa shape index (κ2) is 4.22. The van der Waals surface area contributed by atoms with Crippen molar-refractivity contribution in [3.8, 4) is 5.75 Å². The summed E-state index contributed by atoms with van der Waals surface area (Å²) in [5.41, 5.74) is 0.412. The molecule has 0 aromatic heterocycles. The molecule has 0 aliphatic carbocycles. The van der Waals surface area contributed by atoms with Crippen molar-refractivity contribution < 1.29 is 14.8 Å². The van der Waals surface area contributed by atoms with Crippen molar-refractivity contribution in [3.63, 3.8) is 0 Å². The number of hydrogen-bond donors (Lipinski definition) is 2. The Morgan fingerprint density at radius 3 is 2.50 bits per heavy atom. The van der Waals surface area contributed by atoms with Crippen LogP contribution in [0, 0.1) is 10.1 Å². The van der Waals surface area contributed by atoms with Gasteiger partial charge < -0.3 is 10.4 Å². The third kappa shape index (κ3) is 3.10. The zero-order valence-electron chi connectivity index (χ0n) is 7.14. The molecule has 1 rings (SSSR count). The van der Waals surface area contributed by atoms with Gasteiger partial charge in [0.15, 0.2) is 0 Å². The van der Waals surface area contributed by atoms with Gasteiger partial charge in [0.05, 0.1) is 0 Å². The molecular weight excluding hydrogens is 188 g/mol. The first kappa shape index (κ1) is 9.97. The number of hydrogen-bond acceptors (Lipinski definition) is 4. The van der Waals surface area contributed by atoms with Gasteiger partial charge in [0, 0.05) is 10.6 Å². The highest BCUT2D eigenvalue weighted by molar-refractivity contribution is 5.91. The number of amides is 1. The quantitative estimate of drug-likeness (QED) is 0.420. The maximum atomic E-state index is 10.9. The van der Waals surface area contributed by atoms with E-state index in [4.69, 9.17) is 5.11 Å². The Balaban J connectivity index is 2.56. The number of anilines is 1. The van der Waals surface area contributed by atoms with E-state index in [9.17, 15) is 14.9 Å². The summed E-state index contributed by atoms with van der Waals surface area (Å²) in [6, 6.07) is 5.66. The van der Waals surface area contributed by atoms with E-state index in [0.29, 0.717) is 5.69 Å². The maximum absolute atomic E-state index is 10.9. The fourth-order valence-electron chi connectivity index (χ4n) is 0.863. The summed E-state index contributed by atoms with van der Waals surface area (Å²) in [4.78, 5) is 20.1. The summed E-state index contributed by atoms with van der Waals surface area (Å²) in [5, 5.41) is 21.2. The number of benzene rings is 1. The molecule has 0 bridgehead atoms. The Labute approximate surface area is 79.3 Å². The first-order valence-electron chi connectivity index (χ1n) is 3.78. The topological polar surface area (TPSA) is 92.5 Å². The minimum Gasteiger partial charge on any atom is -0.508 e. The standard InChI is InChI=1S/C8H8N2O4/c11-7-3-1-6(2-4-7)9-8(12)5-10(13)14/h1-4,11H,5H2,(H,9,12). The largest absolute Gasteiger partial charge is 0.508 e. The molecule has 1 aromatic rings. The molecule has 2 N–H and O–H groups in total.